The highest BCUT2D eigenvalue weighted by atomic mass is 16.3. The zero-order valence-corrected chi connectivity index (χ0v) is 4.83. The Labute approximate surface area is 49.2 Å². The number of rotatable bonds is 2. The van der Waals surface area contributed by atoms with Crippen LogP contribution in [-0.4, -0.2) is 22.9 Å². The van der Waals surface area contributed by atoms with E-state index in [1.54, 1.807) is 6.92 Å². The summed E-state index contributed by atoms with van der Waals surface area (Å²) in [4.78, 5) is 0. The van der Waals surface area contributed by atoms with E-state index in [1.807, 2.05) is 0 Å². The second-order valence-corrected chi connectivity index (χ2v) is 1.71. The van der Waals surface area contributed by atoms with Gasteiger partial charge in [0.25, 0.3) is 0 Å². The fourth-order valence-electron chi connectivity index (χ4n) is 0.269. The molecule has 0 aromatic heterocycles. The van der Waals surface area contributed by atoms with Crippen molar-refractivity contribution in [2.24, 2.45) is 5.92 Å². The normalized spacial score (nSPS) is 16.8. The molecule has 0 heterocycles. The van der Waals surface area contributed by atoms with Crippen molar-refractivity contribution in [3.63, 3.8) is 0 Å². The van der Waals surface area contributed by atoms with Crippen molar-refractivity contribution >= 4 is 0 Å². The van der Waals surface area contributed by atoms with E-state index in [4.69, 9.17) is 16.6 Å². The Morgan fingerprint density at radius 1 is 1.75 bits per heavy atom. The number of hydrogen-bond acceptors (Lipinski definition) is 2. The number of aliphatic hydroxyl groups excluding tert-OH is 2. The van der Waals surface area contributed by atoms with Crippen LogP contribution in [0.5, 0.6) is 0 Å². The van der Waals surface area contributed by atoms with E-state index in [2.05, 4.69) is 5.92 Å². The molecule has 0 saturated heterocycles. The van der Waals surface area contributed by atoms with Crippen LogP contribution >= 0.6 is 0 Å². The number of terminal acetylenes is 1. The van der Waals surface area contributed by atoms with Gasteiger partial charge in [0.05, 0.1) is 12.7 Å². The van der Waals surface area contributed by atoms with Gasteiger partial charge < -0.3 is 10.2 Å². The van der Waals surface area contributed by atoms with Crippen LogP contribution in [0, 0.1) is 18.3 Å². The van der Waals surface area contributed by atoms with Crippen LogP contribution in [0.4, 0.5) is 0 Å². The first-order valence-electron chi connectivity index (χ1n) is 2.47. The third-order valence-corrected chi connectivity index (χ3v) is 1.03. The second kappa shape index (κ2) is 3.48. The molecular weight excluding hydrogens is 104 g/mol. The molecule has 8 heavy (non-hydrogen) atoms. The smallest absolute Gasteiger partial charge is 0.0905 e. The van der Waals surface area contributed by atoms with Crippen LogP contribution in [0.3, 0.4) is 0 Å². The van der Waals surface area contributed by atoms with Gasteiger partial charge >= 0.3 is 0 Å². The van der Waals surface area contributed by atoms with Crippen LogP contribution in [0.25, 0.3) is 0 Å². The SMILES string of the molecule is C#C[C@H](C)[C@@H](O)CO. The van der Waals surface area contributed by atoms with Crippen LogP contribution in [0.2, 0.25) is 0 Å². The summed E-state index contributed by atoms with van der Waals surface area (Å²) in [5.41, 5.74) is 0. The fourth-order valence-corrected chi connectivity index (χ4v) is 0.269. The predicted octanol–water partition coefficient (Wildman–Crippen LogP) is -0.391. The summed E-state index contributed by atoms with van der Waals surface area (Å²) in [7, 11) is 0. The summed E-state index contributed by atoms with van der Waals surface area (Å²) in [6.07, 6.45) is 4.16. The molecule has 0 aromatic rings. The lowest BCUT2D eigenvalue weighted by molar-refractivity contribution is 0.0713. The maximum atomic E-state index is 8.73. The van der Waals surface area contributed by atoms with Crippen molar-refractivity contribution in [1.29, 1.82) is 0 Å². The molecule has 0 aliphatic heterocycles. The Morgan fingerprint density at radius 3 is 2.38 bits per heavy atom. The largest absolute Gasteiger partial charge is 0.394 e. The van der Waals surface area contributed by atoms with Crippen molar-refractivity contribution in [2.45, 2.75) is 13.0 Å². The van der Waals surface area contributed by atoms with Crippen LogP contribution in [0.15, 0.2) is 0 Å². The van der Waals surface area contributed by atoms with Crippen molar-refractivity contribution in [1.82, 2.24) is 0 Å². The van der Waals surface area contributed by atoms with E-state index in [9.17, 15) is 0 Å². The van der Waals surface area contributed by atoms with Gasteiger partial charge in [-0.25, -0.2) is 0 Å². The second-order valence-electron chi connectivity index (χ2n) is 1.71. The van der Waals surface area contributed by atoms with E-state index in [0.717, 1.165) is 0 Å². The summed E-state index contributed by atoms with van der Waals surface area (Å²) in [6.45, 7) is 1.42. The lowest BCUT2D eigenvalue weighted by Gasteiger charge is -2.08. The zero-order chi connectivity index (χ0) is 6.57. The minimum absolute atomic E-state index is 0.250. The molecule has 2 nitrogen and oxygen atoms in total. The lowest BCUT2D eigenvalue weighted by Crippen LogP contribution is -2.19. The minimum atomic E-state index is -0.764. The number of hydrogen-bond donors (Lipinski definition) is 2. The third-order valence-electron chi connectivity index (χ3n) is 1.03. The molecule has 0 spiro atoms. The average molecular weight is 114 g/mol. The van der Waals surface area contributed by atoms with Gasteiger partial charge in [0.2, 0.25) is 0 Å². The average Bonchev–Trinajstić information content (AvgIpc) is 1.84. The van der Waals surface area contributed by atoms with Crippen LogP contribution in [-0.2, 0) is 0 Å². The number of aliphatic hydroxyl groups is 2. The van der Waals surface area contributed by atoms with Gasteiger partial charge in [-0.1, -0.05) is 0 Å². The van der Waals surface area contributed by atoms with Crippen molar-refractivity contribution < 1.29 is 10.2 Å². The molecule has 0 bridgehead atoms. The highest BCUT2D eigenvalue weighted by Crippen LogP contribution is 1.97. The van der Waals surface area contributed by atoms with Crippen molar-refractivity contribution in [2.75, 3.05) is 6.61 Å². The standard InChI is InChI=1S/C6H10O2/c1-3-5(2)6(8)4-7/h1,5-8H,4H2,2H3/t5-,6-/m0/s1. The van der Waals surface area contributed by atoms with E-state index in [-0.39, 0.29) is 12.5 Å². The minimum Gasteiger partial charge on any atom is -0.394 e. The molecule has 46 valence electrons. The molecule has 0 aliphatic carbocycles. The summed E-state index contributed by atoms with van der Waals surface area (Å²) < 4.78 is 0. The Bertz CT molecular complexity index is 93.2. The molecule has 0 aliphatic rings. The van der Waals surface area contributed by atoms with E-state index >= 15 is 0 Å². The van der Waals surface area contributed by atoms with Crippen molar-refractivity contribution in [3.05, 3.63) is 0 Å². The van der Waals surface area contributed by atoms with E-state index < -0.39 is 6.10 Å². The van der Waals surface area contributed by atoms with Gasteiger partial charge in [0.1, 0.15) is 0 Å². The molecule has 0 aromatic carbocycles. The molecule has 0 radical (unpaired) electrons. The highest BCUT2D eigenvalue weighted by Gasteiger charge is 2.07. The van der Waals surface area contributed by atoms with E-state index in [0.29, 0.717) is 0 Å². The Morgan fingerprint density at radius 2 is 2.25 bits per heavy atom. The van der Waals surface area contributed by atoms with Crippen molar-refractivity contribution in [3.8, 4) is 12.3 Å². The van der Waals surface area contributed by atoms with Gasteiger partial charge in [-0.15, -0.1) is 12.3 Å². The Kier molecular flexibility index (Phi) is 3.25. The van der Waals surface area contributed by atoms with E-state index in [1.165, 1.54) is 0 Å². The summed E-state index contributed by atoms with van der Waals surface area (Å²) in [5, 5.41) is 17.0. The summed E-state index contributed by atoms with van der Waals surface area (Å²) >= 11 is 0. The first kappa shape index (κ1) is 7.48. The highest BCUT2D eigenvalue weighted by molar-refractivity contribution is 4.93. The molecule has 0 amide bonds. The maximum absolute atomic E-state index is 8.73. The first-order valence-corrected chi connectivity index (χ1v) is 2.47. The lowest BCUT2D eigenvalue weighted by atomic mass is 10.1. The molecule has 2 heteroatoms. The molecular formula is C6H10O2. The van der Waals surface area contributed by atoms with Crippen LogP contribution in [0.1, 0.15) is 6.92 Å². The van der Waals surface area contributed by atoms with Gasteiger partial charge in [-0.05, 0) is 6.92 Å². The van der Waals surface area contributed by atoms with Gasteiger partial charge in [0.15, 0.2) is 0 Å². The Balaban J connectivity index is 3.49. The predicted molar refractivity (Wildman–Crippen MR) is 31.1 cm³/mol. The quantitative estimate of drug-likeness (QED) is 0.480. The molecule has 0 unspecified atom stereocenters. The molecule has 0 fully saturated rings. The van der Waals surface area contributed by atoms with Gasteiger partial charge in [-0.2, -0.15) is 0 Å². The maximum Gasteiger partial charge on any atom is 0.0905 e. The third kappa shape index (κ3) is 1.97. The monoisotopic (exact) mass is 114 g/mol. The summed E-state index contributed by atoms with van der Waals surface area (Å²) in [5.74, 6) is 2.06. The molecule has 0 rings (SSSR count). The van der Waals surface area contributed by atoms with Gasteiger partial charge in [-0.3, -0.25) is 0 Å². The van der Waals surface area contributed by atoms with Crippen LogP contribution < -0.4 is 0 Å². The fraction of sp³-hybridized carbons (Fsp3) is 0.667. The molecule has 2 atom stereocenters. The topological polar surface area (TPSA) is 40.5 Å². The summed E-state index contributed by atoms with van der Waals surface area (Å²) in [6, 6.07) is 0. The van der Waals surface area contributed by atoms with Gasteiger partial charge in [0, 0.05) is 5.92 Å². The molecule has 0 saturated carbocycles. The first-order chi connectivity index (χ1) is 3.72. The molecule has 2 N–H and O–H groups in total. The zero-order valence-electron chi connectivity index (χ0n) is 4.83. The Hall–Kier alpha value is -0.520.